The van der Waals surface area contributed by atoms with Gasteiger partial charge in [0.1, 0.15) is 0 Å². The number of amides is 1. The second-order valence-corrected chi connectivity index (χ2v) is 5.03. The fourth-order valence-electron chi connectivity index (χ4n) is 2.60. The number of likely N-dealkylation sites (tertiary alicyclic amines) is 1. The number of carboxylic acid groups (broad SMARTS) is 1. The lowest BCUT2D eigenvalue weighted by Crippen LogP contribution is -2.51. The fraction of sp³-hybridized carbons (Fsp3) is 0.714. The van der Waals surface area contributed by atoms with Crippen LogP contribution in [0.3, 0.4) is 0 Å². The summed E-state index contributed by atoms with van der Waals surface area (Å²) in [6.07, 6.45) is 5.61. The first kappa shape index (κ1) is 15.7. The summed E-state index contributed by atoms with van der Waals surface area (Å²) in [5.41, 5.74) is 0. The van der Waals surface area contributed by atoms with Gasteiger partial charge in [-0.05, 0) is 32.7 Å². The summed E-state index contributed by atoms with van der Waals surface area (Å²) in [7, 11) is 0. The van der Waals surface area contributed by atoms with E-state index in [2.05, 4.69) is 16.8 Å². The zero-order valence-electron chi connectivity index (χ0n) is 11.6. The van der Waals surface area contributed by atoms with Crippen molar-refractivity contribution in [2.24, 2.45) is 0 Å². The highest BCUT2D eigenvalue weighted by Crippen LogP contribution is 2.23. The van der Waals surface area contributed by atoms with Gasteiger partial charge in [0.2, 0.25) is 5.91 Å². The molecule has 108 valence electrons. The summed E-state index contributed by atoms with van der Waals surface area (Å²) in [6.45, 7) is 6.80. The minimum absolute atomic E-state index is 0.0119. The molecule has 0 spiro atoms. The Labute approximate surface area is 114 Å². The highest BCUT2D eigenvalue weighted by Gasteiger charge is 2.30. The van der Waals surface area contributed by atoms with E-state index in [0.29, 0.717) is 13.0 Å². The largest absolute Gasteiger partial charge is 0.481 e. The van der Waals surface area contributed by atoms with Crippen molar-refractivity contribution in [1.29, 1.82) is 0 Å². The van der Waals surface area contributed by atoms with Gasteiger partial charge in [0.15, 0.2) is 0 Å². The number of piperidine rings is 1. The maximum Gasteiger partial charge on any atom is 0.303 e. The molecule has 0 bridgehead atoms. The van der Waals surface area contributed by atoms with Gasteiger partial charge in [0.05, 0.1) is 6.04 Å². The molecule has 1 heterocycles. The number of carbonyl (C=O) groups is 2. The summed E-state index contributed by atoms with van der Waals surface area (Å²) >= 11 is 0. The predicted molar refractivity (Wildman–Crippen MR) is 73.9 cm³/mol. The Balaban J connectivity index is 2.56. The molecule has 2 unspecified atom stereocenters. The molecule has 0 aromatic rings. The average molecular weight is 268 g/mol. The van der Waals surface area contributed by atoms with Crippen molar-refractivity contribution in [1.82, 2.24) is 10.2 Å². The van der Waals surface area contributed by atoms with E-state index in [1.54, 1.807) is 6.08 Å². The molecule has 2 N–H and O–H groups in total. The van der Waals surface area contributed by atoms with Crippen LogP contribution in [0.15, 0.2) is 12.7 Å². The van der Waals surface area contributed by atoms with Crippen LogP contribution in [0, 0.1) is 0 Å². The van der Waals surface area contributed by atoms with Gasteiger partial charge in [-0.25, -0.2) is 0 Å². The zero-order chi connectivity index (χ0) is 14.3. The maximum atomic E-state index is 12.0. The Morgan fingerprint density at radius 1 is 1.53 bits per heavy atom. The highest BCUT2D eigenvalue weighted by atomic mass is 16.4. The first-order valence-corrected chi connectivity index (χ1v) is 6.92. The van der Waals surface area contributed by atoms with Gasteiger partial charge in [-0.15, -0.1) is 6.58 Å². The van der Waals surface area contributed by atoms with E-state index in [9.17, 15) is 9.59 Å². The van der Waals surface area contributed by atoms with E-state index in [4.69, 9.17) is 5.11 Å². The van der Waals surface area contributed by atoms with Gasteiger partial charge in [-0.3, -0.25) is 14.5 Å². The molecule has 0 saturated carbocycles. The molecule has 1 rings (SSSR count). The minimum Gasteiger partial charge on any atom is -0.481 e. The van der Waals surface area contributed by atoms with Crippen molar-refractivity contribution in [3.63, 3.8) is 0 Å². The molecule has 1 amide bonds. The molecule has 1 fully saturated rings. The fourth-order valence-corrected chi connectivity index (χ4v) is 2.60. The molecule has 5 nitrogen and oxygen atoms in total. The van der Waals surface area contributed by atoms with Gasteiger partial charge >= 0.3 is 5.97 Å². The lowest BCUT2D eigenvalue weighted by Gasteiger charge is -2.39. The Kier molecular flexibility index (Phi) is 6.56. The normalized spacial score (nSPS) is 21.6. The lowest BCUT2D eigenvalue weighted by molar-refractivity contribution is -0.137. The summed E-state index contributed by atoms with van der Waals surface area (Å²) in [4.78, 5) is 24.8. The third kappa shape index (κ3) is 5.03. The average Bonchev–Trinajstić information content (AvgIpc) is 2.42. The van der Waals surface area contributed by atoms with Crippen LogP contribution in [0.25, 0.3) is 0 Å². The minimum atomic E-state index is -0.769. The first-order valence-electron chi connectivity index (χ1n) is 6.92. The molecule has 0 aromatic carbocycles. The quantitative estimate of drug-likeness (QED) is 0.685. The number of hydrogen-bond acceptors (Lipinski definition) is 3. The molecule has 1 aliphatic heterocycles. The van der Waals surface area contributed by atoms with Gasteiger partial charge in [-0.2, -0.15) is 0 Å². The SMILES string of the molecule is C=CCNC(=O)C(C)N1CCCCC1CCC(=O)O. The van der Waals surface area contributed by atoms with E-state index in [1.807, 2.05) is 6.92 Å². The third-order valence-electron chi connectivity index (χ3n) is 3.66. The van der Waals surface area contributed by atoms with Crippen LogP contribution in [0.2, 0.25) is 0 Å². The van der Waals surface area contributed by atoms with Crippen molar-refractivity contribution in [3.8, 4) is 0 Å². The van der Waals surface area contributed by atoms with Gasteiger partial charge < -0.3 is 10.4 Å². The first-order chi connectivity index (χ1) is 9.06. The summed E-state index contributed by atoms with van der Waals surface area (Å²) in [5.74, 6) is -0.781. The number of aliphatic carboxylic acids is 1. The lowest BCUT2D eigenvalue weighted by atomic mass is 9.96. The monoisotopic (exact) mass is 268 g/mol. The van der Waals surface area contributed by atoms with Gasteiger partial charge in [0, 0.05) is 19.0 Å². The Morgan fingerprint density at radius 3 is 2.89 bits per heavy atom. The van der Waals surface area contributed by atoms with Crippen molar-refractivity contribution in [2.45, 2.75) is 51.1 Å². The molecule has 0 aliphatic carbocycles. The smallest absolute Gasteiger partial charge is 0.303 e. The van der Waals surface area contributed by atoms with Crippen LogP contribution < -0.4 is 5.32 Å². The number of nitrogens with one attached hydrogen (secondary N) is 1. The molecule has 19 heavy (non-hydrogen) atoms. The van der Waals surface area contributed by atoms with E-state index in [1.165, 1.54) is 0 Å². The van der Waals surface area contributed by atoms with Gasteiger partial charge in [-0.1, -0.05) is 12.5 Å². The Bertz CT molecular complexity index is 331. The highest BCUT2D eigenvalue weighted by molar-refractivity contribution is 5.81. The molecule has 1 aliphatic rings. The maximum absolute atomic E-state index is 12.0. The number of rotatable bonds is 7. The number of carboxylic acids is 1. The Morgan fingerprint density at radius 2 is 2.26 bits per heavy atom. The van der Waals surface area contributed by atoms with E-state index < -0.39 is 5.97 Å². The molecule has 1 saturated heterocycles. The topological polar surface area (TPSA) is 69.6 Å². The summed E-state index contributed by atoms with van der Waals surface area (Å²) in [5, 5.41) is 11.6. The molecule has 2 atom stereocenters. The van der Waals surface area contributed by atoms with Crippen molar-refractivity contribution in [3.05, 3.63) is 12.7 Å². The zero-order valence-corrected chi connectivity index (χ0v) is 11.6. The molecule has 0 aromatic heterocycles. The standard InChI is InChI=1S/C14H24N2O3/c1-3-9-15-14(19)11(2)16-10-5-4-6-12(16)7-8-13(17)18/h3,11-12H,1,4-10H2,2H3,(H,15,19)(H,17,18). The second-order valence-electron chi connectivity index (χ2n) is 5.03. The molecular weight excluding hydrogens is 244 g/mol. The number of carbonyl (C=O) groups excluding carboxylic acids is 1. The van der Waals surface area contributed by atoms with E-state index in [-0.39, 0.29) is 24.4 Å². The molecule has 0 radical (unpaired) electrons. The van der Waals surface area contributed by atoms with E-state index >= 15 is 0 Å². The van der Waals surface area contributed by atoms with Crippen LogP contribution in [-0.4, -0.2) is 47.1 Å². The summed E-state index contributed by atoms with van der Waals surface area (Å²) in [6, 6.07) is -0.00613. The van der Waals surface area contributed by atoms with Crippen LogP contribution in [0.1, 0.15) is 39.0 Å². The predicted octanol–water partition coefficient (Wildman–Crippen LogP) is 1.40. The van der Waals surface area contributed by atoms with Gasteiger partial charge in [0.25, 0.3) is 0 Å². The van der Waals surface area contributed by atoms with Crippen LogP contribution in [0.4, 0.5) is 0 Å². The number of hydrogen-bond donors (Lipinski definition) is 2. The van der Waals surface area contributed by atoms with Crippen molar-refractivity contribution < 1.29 is 14.7 Å². The van der Waals surface area contributed by atoms with Crippen molar-refractivity contribution in [2.75, 3.05) is 13.1 Å². The van der Waals surface area contributed by atoms with Crippen LogP contribution in [0.5, 0.6) is 0 Å². The van der Waals surface area contributed by atoms with E-state index in [0.717, 1.165) is 25.8 Å². The van der Waals surface area contributed by atoms with Crippen LogP contribution in [-0.2, 0) is 9.59 Å². The number of nitrogens with zero attached hydrogens (tertiary/aromatic N) is 1. The van der Waals surface area contributed by atoms with Crippen molar-refractivity contribution >= 4 is 11.9 Å². The van der Waals surface area contributed by atoms with Crippen LogP contribution >= 0.6 is 0 Å². The summed E-state index contributed by atoms with van der Waals surface area (Å²) < 4.78 is 0. The second kappa shape index (κ2) is 7.94. The molecular formula is C14H24N2O3. The molecule has 5 heteroatoms. The third-order valence-corrected chi connectivity index (χ3v) is 3.66. The Hall–Kier alpha value is -1.36.